The van der Waals surface area contributed by atoms with Crippen molar-refractivity contribution in [2.24, 2.45) is 5.92 Å². The second-order valence-electron chi connectivity index (χ2n) is 7.67. The predicted molar refractivity (Wildman–Crippen MR) is 122 cm³/mol. The van der Waals surface area contributed by atoms with E-state index < -0.39 is 0 Å². The van der Waals surface area contributed by atoms with E-state index in [9.17, 15) is 14.4 Å². The molecule has 0 unspecified atom stereocenters. The SMILES string of the molecule is CCN(CC)C(=O)N1CCC(C(=O)Nc2ccc(NC(=O)NCc3ccco3)cc2)CC1. The van der Waals surface area contributed by atoms with Crippen molar-refractivity contribution in [1.29, 1.82) is 0 Å². The number of anilines is 2. The van der Waals surface area contributed by atoms with Crippen LogP contribution in [-0.2, 0) is 11.3 Å². The van der Waals surface area contributed by atoms with Gasteiger partial charge in [0.25, 0.3) is 0 Å². The molecule has 3 rings (SSSR count). The van der Waals surface area contributed by atoms with Crippen molar-refractivity contribution in [3.05, 3.63) is 48.4 Å². The molecule has 9 heteroatoms. The molecule has 1 aliphatic heterocycles. The molecule has 2 aromatic rings. The molecule has 2 heterocycles. The van der Waals surface area contributed by atoms with Gasteiger partial charge in [0.05, 0.1) is 12.8 Å². The van der Waals surface area contributed by atoms with Crippen LogP contribution in [0.4, 0.5) is 21.0 Å². The number of nitrogens with one attached hydrogen (secondary N) is 3. The topological polar surface area (TPSA) is 107 Å². The number of urea groups is 2. The van der Waals surface area contributed by atoms with Crippen molar-refractivity contribution in [3.63, 3.8) is 0 Å². The van der Waals surface area contributed by atoms with E-state index >= 15 is 0 Å². The average molecular weight is 442 g/mol. The number of likely N-dealkylation sites (tertiary alicyclic amines) is 1. The van der Waals surface area contributed by atoms with E-state index in [1.165, 1.54) is 0 Å². The molecule has 1 fully saturated rings. The molecule has 3 N–H and O–H groups in total. The first-order valence-corrected chi connectivity index (χ1v) is 11.0. The molecule has 1 aromatic heterocycles. The summed E-state index contributed by atoms with van der Waals surface area (Å²) in [6.45, 7) is 6.78. The van der Waals surface area contributed by atoms with E-state index in [0.29, 0.717) is 62.7 Å². The van der Waals surface area contributed by atoms with Crippen molar-refractivity contribution in [1.82, 2.24) is 15.1 Å². The van der Waals surface area contributed by atoms with Crippen LogP contribution in [-0.4, -0.2) is 53.9 Å². The molecular weight excluding hydrogens is 410 g/mol. The lowest BCUT2D eigenvalue weighted by Gasteiger charge is -2.34. The fourth-order valence-electron chi connectivity index (χ4n) is 3.66. The molecule has 0 atom stereocenters. The maximum atomic E-state index is 12.6. The minimum atomic E-state index is -0.343. The molecule has 5 amide bonds. The van der Waals surface area contributed by atoms with E-state index in [0.717, 1.165) is 0 Å². The summed E-state index contributed by atoms with van der Waals surface area (Å²) in [5.41, 5.74) is 1.28. The molecule has 1 aromatic carbocycles. The van der Waals surface area contributed by atoms with E-state index in [1.54, 1.807) is 47.6 Å². The zero-order valence-corrected chi connectivity index (χ0v) is 18.6. The number of carbonyl (C=O) groups excluding carboxylic acids is 3. The normalized spacial score (nSPS) is 14.0. The first kappa shape index (κ1) is 23.2. The Hall–Kier alpha value is -3.49. The van der Waals surface area contributed by atoms with Crippen molar-refractivity contribution >= 4 is 29.3 Å². The van der Waals surface area contributed by atoms with Crippen LogP contribution in [0.3, 0.4) is 0 Å². The highest BCUT2D eigenvalue weighted by Crippen LogP contribution is 2.21. The third kappa shape index (κ3) is 6.26. The van der Waals surface area contributed by atoms with Crippen molar-refractivity contribution < 1.29 is 18.8 Å². The lowest BCUT2D eigenvalue weighted by molar-refractivity contribution is -0.121. The van der Waals surface area contributed by atoms with Gasteiger partial charge in [-0.15, -0.1) is 0 Å². The number of benzene rings is 1. The van der Waals surface area contributed by atoms with Crippen LogP contribution in [0.2, 0.25) is 0 Å². The maximum absolute atomic E-state index is 12.6. The van der Waals surface area contributed by atoms with Crippen LogP contribution in [0.25, 0.3) is 0 Å². The number of nitrogens with zero attached hydrogens (tertiary/aromatic N) is 2. The third-order valence-electron chi connectivity index (χ3n) is 5.58. The number of amides is 5. The van der Waals surface area contributed by atoms with Gasteiger partial charge in [0, 0.05) is 43.5 Å². The van der Waals surface area contributed by atoms with Crippen LogP contribution in [0.1, 0.15) is 32.4 Å². The van der Waals surface area contributed by atoms with Crippen LogP contribution in [0, 0.1) is 5.92 Å². The Labute approximate surface area is 188 Å². The summed E-state index contributed by atoms with van der Waals surface area (Å²) in [6, 6.07) is 10.2. The minimum Gasteiger partial charge on any atom is -0.467 e. The van der Waals surface area contributed by atoms with Gasteiger partial charge in [-0.05, 0) is 63.1 Å². The Morgan fingerprint density at radius 1 is 1.00 bits per heavy atom. The monoisotopic (exact) mass is 441 g/mol. The second-order valence-corrected chi connectivity index (χ2v) is 7.67. The Kier molecular flexibility index (Phi) is 8.13. The van der Waals surface area contributed by atoms with Gasteiger partial charge in [0.1, 0.15) is 5.76 Å². The number of furan rings is 1. The summed E-state index contributed by atoms with van der Waals surface area (Å²) >= 11 is 0. The molecule has 0 saturated carbocycles. The third-order valence-corrected chi connectivity index (χ3v) is 5.58. The van der Waals surface area contributed by atoms with E-state index in [-0.39, 0.29) is 23.9 Å². The average Bonchev–Trinajstić information content (AvgIpc) is 3.33. The van der Waals surface area contributed by atoms with Gasteiger partial charge in [-0.25, -0.2) is 9.59 Å². The zero-order valence-electron chi connectivity index (χ0n) is 18.6. The fourth-order valence-corrected chi connectivity index (χ4v) is 3.66. The molecule has 172 valence electrons. The summed E-state index contributed by atoms with van der Waals surface area (Å²) in [5.74, 6) is 0.499. The van der Waals surface area contributed by atoms with Gasteiger partial charge in [-0.1, -0.05) is 0 Å². The van der Waals surface area contributed by atoms with Gasteiger partial charge < -0.3 is 30.2 Å². The molecule has 1 saturated heterocycles. The van der Waals surface area contributed by atoms with E-state index in [2.05, 4.69) is 16.0 Å². The fraction of sp³-hybridized carbons (Fsp3) is 0.435. The molecule has 32 heavy (non-hydrogen) atoms. The lowest BCUT2D eigenvalue weighted by Crippen LogP contribution is -2.47. The highest BCUT2D eigenvalue weighted by atomic mass is 16.3. The first-order valence-electron chi connectivity index (χ1n) is 11.0. The molecule has 1 aliphatic rings. The number of carbonyl (C=O) groups is 3. The maximum Gasteiger partial charge on any atom is 0.319 e. The number of hydrogen-bond acceptors (Lipinski definition) is 4. The minimum absolute atomic E-state index is 0.0446. The summed E-state index contributed by atoms with van der Waals surface area (Å²) < 4.78 is 5.17. The molecule has 0 aliphatic carbocycles. The number of piperidine rings is 1. The Balaban J connectivity index is 1.42. The van der Waals surface area contributed by atoms with Crippen LogP contribution in [0.5, 0.6) is 0 Å². The number of rotatable bonds is 7. The largest absolute Gasteiger partial charge is 0.467 e. The summed E-state index contributed by atoms with van der Waals surface area (Å²) in [6.07, 6.45) is 2.85. The van der Waals surface area contributed by atoms with Crippen molar-refractivity contribution in [2.75, 3.05) is 36.8 Å². The molecule has 0 bridgehead atoms. The highest BCUT2D eigenvalue weighted by molar-refractivity contribution is 5.93. The first-order chi connectivity index (χ1) is 15.5. The Morgan fingerprint density at radius 3 is 2.19 bits per heavy atom. The quantitative estimate of drug-likeness (QED) is 0.609. The standard InChI is InChI=1S/C23H31N5O4/c1-3-27(4-2)23(31)28-13-11-17(12-14-28)21(29)25-18-7-9-19(10-8-18)26-22(30)24-16-20-6-5-15-32-20/h5-10,15,17H,3-4,11-14,16H2,1-2H3,(H,25,29)(H2,24,26,30). The summed E-state index contributed by atoms with van der Waals surface area (Å²) in [4.78, 5) is 40.7. The van der Waals surface area contributed by atoms with E-state index in [4.69, 9.17) is 4.42 Å². The Bertz CT molecular complexity index is 886. The molecule has 9 nitrogen and oxygen atoms in total. The smallest absolute Gasteiger partial charge is 0.319 e. The van der Waals surface area contributed by atoms with Crippen LogP contribution < -0.4 is 16.0 Å². The predicted octanol–water partition coefficient (Wildman–Crippen LogP) is 3.71. The van der Waals surface area contributed by atoms with Gasteiger partial charge in [0.2, 0.25) is 5.91 Å². The summed E-state index contributed by atoms with van der Waals surface area (Å²) in [7, 11) is 0. The van der Waals surface area contributed by atoms with Gasteiger partial charge in [0.15, 0.2) is 0 Å². The zero-order chi connectivity index (χ0) is 22.9. The molecular formula is C23H31N5O4. The van der Waals surface area contributed by atoms with Gasteiger partial charge in [-0.3, -0.25) is 4.79 Å². The molecule has 0 radical (unpaired) electrons. The van der Waals surface area contributed by atoms with Crippen LogP contribution in [0.15, 0.2) is 47.1 Å². The summed E-state index contributed by atoms with van der Waals surface area (Å²) in [5, 5.41) is 8.37. The van der Waals surface area contributed by atoms with Gasteiger partial charge in [-0.2, -0.15) is 0 Å². The van der Waals surface area contributed by atoms with Gasteiger partial charge >= 0.3 is 12.1 Å². The lowest BCUT2D eigenvalue weighted by atomic mass is 9.96. The molecule has 0 spiro atoms. The number of hydrogen-bond donors (Lipinski definition) is 3. The Morgan fingerprint density at radius 2 is 1.62 bits per heavy atom. The van der Waals surface area contributed by atoms with Crippen molar-refractivity contribution in [3.8, 4) is 0 Å². The highest BCUT2D eigenvalue weighted by Gasteiger charge is 2.28. The van der Waals surface area contributed by atoms with E-state index in [1.807, 2.05) is 18.7 Å². The second kappa shape index (κ2) is 11.2. The van der Waals surface area contributed by atoms with Crippen LogP contribution >= 0.6 is 0 Å². The van der Waals surface area contributed by atoms with Crippen molar-refractivity contribution in [2.45, 2.75) is 33.2 Å².